The van der Waals surface area contributed by atoms with Crippen molar-refractivity contribution in [1.29, 1.82) is 0 Å². The zero-order valence-electron chi connectivity index (χ0n) is 9.48. The minimum absolute atomic E-state index is 0.0714. The summed E-state index contributed by atoms with van der Waals surface area (Å²) in [6, 6.07) is 5.99. The van der Waals surface area contributed by atoms with Gasteiger partial charge in [-0.15, -0.1) is 11.3 Å². The van der Waals surface area contributed by atoms with E-state index in [1.165, 1.54) is 0 Å². The smallest absolute Gasteiger partial charge is 0.267 e. The molecule has 2 N–H and O–H groups in total. The fourth-order valence-electron chi connectivity index (χ4n) is 2.29. The third-order valence-corrected chi connectivity index (χ3v) is 4.07. The largest absolute Gasteiger partial charge is 0.315 e. The summed E-state index contributed by atoms with van der Waals surface area (Å²) < 4.78 is 1.77. The Kier molecular flexibility index (Phi) is 2.86. The van der Waals surface area contributed by atoms with Gasteiger partial charge in [-0.25, -0.2) is 4.68 Å². The summed E-state index contributed by atoms with van der Waals surface area (Å²) in [5.41, 5.74) is 0.998. The van der Waals surface area contributed by atoms with Gasteiger partial charge in [-0.3, -0.25) is 9.89 Å². The summed E-state index contributed by atoms with van der Waals surface area (Å²) in [5.74, 6) is 0. The number of H-pyrrole nitrogens is 1. The molecule has 90 valence electrons. The number of nitrogens with zero attached hydrogens (tertiary/aromatic N) is 1. The molecule has 17 heavy (non-hydrogen) atoms. The maximum atomic E-state index is 11.9. The molecule has 1 aliphatic heterocycles. The van der Waals surface area contributed by atoms with Crippen LogP contribution < -0.4 is 10.9 Å². The average Bonchev–Trinajstić information content (AvgIpc) is 2.99. The van der Waals surface area contributed by atoms with Crippen LogP contribution in [0.3, 0.4) is 0 Å². The van der Waals surface area contributed by atoms with Crippen LogP contribution in [0, 0.1) is 0 Å². The van der Waals surface area contributed by atoms with Gasteiger partial charge in [0.15, 0.2) is 0 Å². The number of aromatic nitrogens is 2. The second-order valence-corrected chi connectivity index (χ2v) is 5.30. The summed E-state index contributed by atoms with van der Waals surface area (Å²) in [7, 11) is 0. The van der Waals surface area contributed by atoms with Crippen LogP contribution in [0.5, 0.6) is 0 Å². The maximum absolute atomic E-state index is 11.9. The first-order chi connectivity index (χ1) is 8.34. The van der Waals surface area contributed by atoms with Gasteiger partial charge in [0.05, 0.1) is 16.6 Å². The van der Waals surface area contributed by atoms with Crippen LogP contribution >= 0.6 is 11.3 Å². The summed E-state index contributed by atoms with van der Waals surface area (Å²) in [4.78, 5) is 13.1. The van der Waals surface area contributed by atoms with Crippen molar-refractivity contribution in [3.8, 4) is 10.6 Å². The number of hydrogen-bond acceptors (Lipinski definition) is 3. The molecule has 0 aliphatic carbocycles. The summed E-state index contributed by atoms with van der Waals surface area (Å²) in [6.45, 7) is 1.94. The number of thiophene rings is 1. The van der Waals surface area contributed by atoms with Crippen LogP contribution in [0.15, 0.2) is 28.4 Å². The lowest BCUT2D eigenvalue weighted by Gasteiger charge is -2.23. The molecule has 0 unspecified atom stereocenters. The van der Waals surface area contributed by atoms with Crippen LogP contribution in [0.2, 0.25) is 0 Å². The fourth-order valence-corrected chi connectivity index (χ4v) is 2.99. The van der Waals surface area contributed by atoms with Gasteiger partial charge in [0.1, 0.15) is 0 Å². The Bertz CT molecular complexity index is 534. The predicted molar refractivity (Wildman–Crippen MR) is 69.5 cm³/mol. The van der Waals surface area contributed by atoms with Crippen molar-refractivity contribution in [2.24, 2.45) is 0 Å². The topological polar surface area (TPSA) is 49.8 Å². The molecule has 1 fully saturated rings. The average molecular weight is 249 g/mol. The van der Waals surface area contributed by atoms with Crippen molar-refractivity contribution in [1.82, 2.24) is 15.1 Å². The van der Waals surface area contributed by atoms with Crippen LogP contribution in [0.1, 0.15) is 18.9 Å². The van der Waals surface area contributed by atoms with Gasteiger partial charge in [0, 0.05) is 12.6 Å². The van der Waals surface area contributed by atoms with Crippen molar-refractivity contribution >= 4 is 11.3 Å². The molecule has 3 rings (SSSR count). The lowest BCUT2D eigenvalue weighted by Crippen LogP contribution is -2.35. The Labute approximate surface area is 103 Å². The molecular formula is C12H15N3OS. The number of rotatable bonds is 2. The zero-order valence-corrected chi connectivity index (χ0v) is 10.3. The summed E-state index contributed by atoms with van der Waals surface area (Å²) >= 11 is 1.65. The molecule has 1 atom stereocenters. The Balaban J connectivity index is 1.93. The van der Waals surface area contributed by atoms with E-state index >= 15 is 0 Å². The molecule has 4 nitrogen and oxygen atoms in total. The van der Waals surface area contributed by atoms with Gasteiger partial charge >= 0.3 is 0 Å². The van der Waals surface area contributed by atoms with Crippen LogP contribution in [-0.2, 0) is 0 Å². The van der Waals surface area contributed by atoms with Gasteiger partial charge in [0.25, 0.3) is 5.56 Å². The third kappa shape index (κ3) is 2.08. The highest BCUT2D eigenvalue weighted by Gasteiger charge is 2.18. The second kappa shape index (κ2) is 4.50. The zero-order chi connectivity index (χ0) is 11.7. The Hall–Kier alpha value is -1.33. The van der Waals surface area contributed by atoms with Gasteiger partial charge in [-0.05, 0) is 30.8 Å². The maximum Gasteiger partial charge on any atom is 0.267 e. The van der Waals surface area contributed by atoms with E-state index in [1.54, 1.807) is 22.1 Å². The SMILES string of the molecule is O=c1cc(-c2cccs2)[nH]n1[C@H]1CCCNC1. The number of nitrogens with one attached hydrogen (secondary N) is 2. The molecule has 0 aromatic carbocycles. The highest BCUT2D eigenvalue weighted by Crippen LogP contribution is 2.22. The number of hydrogen-bond donors (Lipinski definition) is 2. The monoisotopic (exact) mass is 249 g/mol. The van der Waals surface area contributed by atoms with E-state index in [9.17, 15) is 4.79 Å². The molecule has 0 saturated carbocycles. The fraction of sp³-hybridized carbons (Fsp3) is 0.417. The molecule has 0 spiro atoms. The van der Waals surface area contributed by atoms with Gasteiger partial charge in [-0.1, -0.05) is 6.07 Å². The molecule has 1 saturated heterocycles. The molecule has 0 amide bonds. The van der Waals surface area contributed by atoms with Crippen LogP contribution in [-0.4, -0.2) is 22.9 Å². The van der Waals surface area contributed by atoms with E-state index < -0.39 is 0 Å². The highest BCUT2D eigenvalue weighted by atomic mass is 32.1. The van der Waals surface area contributed by atoms with E-state index in [-0.39, 0.29) is 11.6 Å². The molecule has 3 heterocycles. The van der Waals surface area contributed by atoms with E-state index in [0.717, 1.165) is 36.5 Å². The Morgan fingerprint density at radius 1 is 1.47 bits per heavy atom. The number of aromatic amines is 1. The second-order valence-electron chi connectivity index (χ2n) is 4.36. The minimum atomic E-state index is 0.0714. The van der Waals surface area contributed by atoms with Gasteiger partial charge in [-0.2, -0.15) is 0 Å². The molecule has 5 heteroatoms. The Morgan fingerprint density at radius 2 is 2.41 bits per heavy atom. The van der Waals surface area contributed by atoms with Gasteiger partial charge in [0.2, 0.25) is 0 Å². The van der Waals surface area contributed by atoms with Crippen molar-refractivity contribution < 1.29 is 0 Å². The van der Waals surface area contributed by atoms with E-state index in [0.29, 0.717) is 0 Å². The summed E-state index contributed by atoms with van der Waals surface area (Å²) in [5, 5.41) is 8.58. The van der Waals surface area contributed by atoms with Crippen molar-refractivity contribution in [3.63, 3.8) is 0 Å². The van der Waals surface area contributed by atoms with Crippen molar-refractivity contribution in [2.75, 3.05) is 13.1 Å². The van der Waals surface area contributed by atoms with Crippen molar-refractivity contribution in [3.05, 3.63) is 33.9 Å². The highest BCUT2D eigenvalue weighted by molar-refractivity contribution is 7.13. The molecule has 0 bridgehead atoms. The molecule has 0 radical (unpaired) electrons. The quantitative estimate of drug-likeness (QED) is 0.853. The van der Waals surface area contributed by atoms with Crippen LogP contribution in [0.25, 0.3) is 10.6 Å². The molecule has 2 aromatic rings. The van der Waals surface area contributed by atoms with Crippen LogP contribution in [0.4, 0.5) is 0 Å². The first kappa shape index (κ1) is 10.8. The first-order valence-electron chi connectivity index (χ1n) is 5.91. The molecule has 2 aromatic heterocycles. The normalized spacial score (nSPS) is 20.6. The van der Waals surface area contributed by atoms with E-state index in [1.807, 2.05) is 17.5 Å². The lowest BCUT2D eigenvalue weighted by molar-refractivity contribution is 0.341. The molecular weight excluding hydrogens is 234 g/mol. The standard InChI is InChI=1S/C12H15N3OS/c16-12-7-10(11-4-2-6-17-11)14-15(12)9-3-1-5-13-8-9/h2,4,6-7,9,13-14H,1,3,5,8H2/t9-/m0/s1. The van der Waals surface area contributed by atoms with Gasteiger partial charge < -0.3 is 5.32 Å². The van der Waals surface area contributed by atoms with Crippen molar-refractivity contribution in [2.45, 2.75) is 18.9 Å². The molecule has 1 aliphatic rings. The minimum Gasteiger partial charge on any atom is -0.315 e. The predicted octanol–water partition coefficient (Wildman–Crippen LogP) is 1.83. The summed E-state index contributed by atoms with van der Waals surface area (Å²) in [6.07, 6.45) is 2.20. The first-order valence-corrected chi connectivity index (χ1v) is 6.79. The van der Waals surface area contributed by atoms with E-state index in [4.69, 9.17) is 0 Å². The lowest BCUT2D eigenvalue weighted by atomic mass is 10.1. The third-order valence-electron chi connectivity index (χ3n) is 3.17. The number of piperidine rings is 1. The van der Waals surface area contributed by atoms with E-state index in [2.05, 4.69) is 10.4 Å². The Morgan fingerprint density at radius 3 is 3.12 bits per heavy atom.